The summed E-state index contributed by atoms with van der Waals surface area (Å²) >= 11 is 5.94. The molecule has 68 valence electrons. The van der Waals surface area contributed by atoms with E-state index in [9.17, 15) is 4.39 Å². The lowest BCUT2D eigenvalue weighted by Crippen LogP contribution is -2.27. The molecule has 11 heavy (non-hydrogen) atoms. The third-order valence-corrected chi connectivity index (χ3v) is 2.21. The van der Waals surface area contributed by atoms with Gasteiger partial charge in [-0.1, -0.05) is 13.8 Å². The number of alkyl halides is 2. The van der Waals surface area contributed by atoms with Crippen molar-refractivity contribution in [3.05, 3.63) is 0 Å². The summed E-state index contributed by atoms with van der Waals surface area (Å²) in [5, 5.41) is 3.26. The van der Waals surface area contributed by atoms with Crippen LogP contribution in [0.4, 0.5) is 4.39 Å². The fraction of sp³-hybridized carbons (Fsp3) is 1.00. The molecule has 0 bridgehead atoms. The van der Waals surface area contributed by atoms with E-state index in [0.717, 1.165) is 13.1 Å². The lowest BCUT2D eigenvalue weighted by Gasteiger charge is -2.13. The molecule has 1 atom stereocenters. The van der Waals surface area contributed by atoms with Crippen molar-refractivity contribution >= 4 is 11.6 Å². The molecular formula is C8H17ClFN. The van der Waals surface area contributed by atoms with E-state index in [1.807, 2.05) is 0 Å². The first-order valence-corrected chi connectivity index (χ1v) is 4.53. The first-order valence-electron chi connectivity index (χ1n) is 4.09. The number of nitrogens with one attached hydrogen (secondary N) is 1. The second-order valence-electron chi connectivity index (χ2n) is 3.01. The second kappa shape index (κ2) is 6.86. The molecule has 0 aliphatic carbocycles. The maximum Gasteiger partial charge on any atom is 0.0906 e. The van der Waals surface area contributed by atoms with E-state index in [4.69, 9.17) is 11.6 Å². The lowest BCUT2D eigenvalue weighted by molar-refractivity contribution is 0.452. The number of rotatable bonds is 6. The summed E-state index contributed by atoms with van der Waals surface area (Å²) in [5.41, 5.74) is 0. The highest BCUT2D eigenvalue weighted by Gasteiger charge is 2.07. The van der Waals surface area contributed by atoms with Crippen LogP contribution in [0.25, 0.3) is 0 Å². The Morgan fingerprint density at radius 3 is 2.55 bits per heavy atom. The van der Waals surface area contributed by atoms with Crippen molar-refractivity contribution < 1.29 is 4.39 Å². The van der Waals surface area contributed by atoms with Crippen LogP contribution in [-0.4, -0.2) is 25.1 Å². The molecule has 0 aromatic rings. The summed E-state index contributed by atoms with van der Waals surface area (Å²) in [5.74, 6) is 0.481. The van der Waals surface area contributed by atoms with E-state index in [2.05, 4.69) is 19.2 Å². The van der Waals surface area contributed by atoms with Gasteiger partial charge in [-0.05, 0) is 18.9 Å². The molecule has 1 nitrogen and oxygen atoms in total. The highest BCUT2D eigenvalue weighted by Crippen LogP contribution is 2.07. The predicted octanol–water partition coefficient (Wildman–Crippen LogP) is 2.20. The van der Waals surface area contributed by atoms with Crippen molar-refractivity contribution in [2.45, 2.75) is 25.6 Å². The Morgan fingerprint density at radius 1 is 1.45 bits per heavy atom. The van der Waals surface area contributed by atoms with Crippen LogP contribution in [-0.2, 0) is 0 Å². The van der Waals surface area contributed by atoms with Crippen LogP contribution in [0.1, 0.15) is 20.3 Å². The van der Waals surface area contributed by atoms with Gasteiger partial charge in [-0.3, -0.25) is 4.39 Å². The Morgan fingerprint density at radius 2 is 2.09 bits per heavy atom. The maximum absolute atomic E-state index is 11.6. The normalized spacial score (nSPS) is 13.9. The van der Waals surface area contributed by atoms with Crippen LogP contribution in [0, 0.1) is 5.92 Å². The van der Waals surface area contributed by atoms with Gasteiger partial charge in [0.05, 0.1) is 6.67 Å². The van der Waals surface area contributed by atoms with Gasteiger partial charge >= 0.3 is 0 Å². The summed E-state index contributed by atoms with van der Waals surface area (Å²) in [4.78, 5) is 0. The summed E-state index contributed by atoms with van der Waals surface area (Å²) in [6, 6.07) is 0. The molecule has 0 rings (SSSR count). The Bertz CT molecular complexity index is 88.2. The van der Waals surface area contributed by atoms with Crippen molar-refractivity contribution in [2.75, 3.05) is 19.8 Å². The largest absolute Gasteiger partial charge is 0.315 e. The van der Waals surface area contributed by atoms with Gasteiger partial charge in [-0.15, -0.1) is 11.6 Å². The minimum absolute atomic E-state index is 0.162. The van der Waals surface area contributed by atoms with Crippen LogP contribution < -0.4 is 5.32 Å². The van der Waals surface area contributed by atoms with Gasteiger partial charge in [0, 0.05) is 11.9 Å². The van der Waals surface area contributed by atoms with Gasteiger partial charge in [0.15, 0.2) is 0 Å². The number of hydrogen-bond acceptors (Lipinski definition) is 1. The summed E-state index contributed by atoms with van der Waals surface area (Å²) in [6.07, 6.45) is 0.585. The molecule has 0 radical (unpaired) electrons. The Labute approximate surface area is 73.3 Å². The zero-order valence-corrected chi connectivity index (χ0v) is 7.99. The van der Waals surface area contributed by atoms with Gasteiger partial charge in [0.2, 0.25) is 0 Å². The molecule has 0 aromatic carbocycles. The third kappa shape index (κ3) is 6.57. The van der Waals surface area contributed by atoms with Crippen LogP contribution in [0.2, 0.25) is 0 Å². The molecule has 0 amide bonds. The molecule has 0 saturated heterocycles. The van der Waals surface area contributed by atoms with E-state index < -0.39 is 0 Å². The van der Waals surface area contributed by atoms with E-state index in [1.54, 1.807) is 0 Å². The van der Waals surface area contributed by atoms with E-state index >= 15 is 0 Å². The average molecular weight is 182 g/mol. The number of hydrogen-bond donors (Lipinski definition) is 1. The van der Waals surface area contributed by atoms with Crippen LogP contribution in [0.15, 0.2) is 0 Å². The fourth-order valence-corrected chi connectivity index (χ4v) is 0.777. The minimum Gasteiger partial charge on any atom is -0.315 e. The predicted molar refractivity (Wildman–Crippen MR) is 47.9 cm³/mol. The molecule has 0 heterocycles. The monoisotopic (exact) mass is 181 g/mol. The standard InChI is InChI=1S/C8H17ClFN/c1-7(2)8(9)6-11-5-3-4-10/h7-8,11H,3-6H2,1-2H3. The van der Waals surface area contributed by atoms with Crippen molar-refractivity contribution in [3.8, 4) is 0 Å². The highest BCUT2D eigenvalue weighted by atomic mass is 35.5. The van der Waals surface area contributed by atoms with E-state index in [1.165, 1.54) is 0 Å². The highest BCUT2D eigenvalue weighted by molar-refractivity contribution is 6.20. The first kappa shape index (κ1) is 11.2. The Kier molecular flexibility index (Phi) is 6.98. The topological polar surface area (TPSA) is 12.0 Å². The zero-order valence-electron chi connectivity index (χ0n) is 7.24. The van der Waals surface area contributed by atoms with Gasteiger partial charge in [-0.2, -0.15) is 0 Å². The summed E-state index contributed by atoms with van der Waals surface area (Å²) in [7, 11) is 0. The van der Waals surface area contributed by atoms with Gasteiger partial charge < -0.3 is 5.32 Å². The molecule has 1 N–H and O–H groups in total. The van der Waals surface area contributed by atoms with E-state index in [-0.39, 0.29) is 12.1 Å². The molecule has 0 spiro atoms. The lowest BCUT2D eigenvalue weighted by atomic mass is 10.1. The van der Waals surface area contributed by atoms with E-state index in [0.29, 0.717) is 12.3 Å². The van der Waals surface area contributed by atoms with Gasteiger partial charge in [0.25, 0.3) is 0 Å². The quantitative estimate of drug-likeness (QED) is 0.490. The molecule has 0 aliphatic heterocycles. The smallest absolute Gasteiger partial charge is 0.0906 e. The molecule has 0 aromatic heterocycles. The zero-order chi connectivity index (χ0) is 8.69. The second-order valence-corrected chi connectivity index (χ2v) is 3.57. The van der Waals surface area contributed by atoms with Crippen molar-refractivity contribution in [2.24, 2.45) is 5.92 Å². The molecule has 3 heteroatoms. The van der Waals surface area contributed by atoms with Crippen LogP contribution in [0.5, 0.6) is 0 Å². The number of halogens is 2. The molecule has 0 saturated carbocycles. The van der Waals surface area contributed by atoms with Gasteiger partial charge in [0.1, 0.15) is 0 Å². The fourth-order valence-electron chi connectivity index (χ4n) is 0.667. The first-order chi connectivity index (χ1) is 5.18. The van der Waals surface area contributed by atoms with Crippen molar-refractivity contribution in [1.82, 2.24) is 5.32 Å². The molecule has 0 aliphatic rings. The summed E-state index contributed by atoms with van der Waals surface area (Å²) < 4.78 is 11.6. The minimum atomic E-state index is -0.248. The molecular weight excluding hydrogens is 165 g/mol. The van der Waals surface area contributed by atoms with Crippen molar-refractivity contribution in [3.63, 3.8) is 0 Å². The summed E-state index contributed by atoms with van der Waals surface area (Å²) in [6.45, 7) is 5.41. The third-order valence-electron chi connectivity index (χ3n) is 1.55. The van der Waals surface area contributed by atoms with Gasteiger partial charge in [-0.25, -0.2) is 0 Å². The Balaban J connectivity index is 3.10. The maximum atomic E-state index is 11.6. The van der Waals surface area contributed by atoms with Crippen molar-refractivity contribution in [1.29, 1.82) is 0 Å². The van der Waals surface area contributed by atoms with Crippen LogP contribution >= 0.6 is 11.6 Å². The Hall–Kier alpha value is 0.180. The molecule has 0 fully saturated rings. The molecule has 1 unspecified atom stereocenters. The average Bonchev–Trinajstić information content (AvgIpc) is 1.97. The van der Waals surface area contributed by atoms with Crippen LogP contribution in [0.3, 0.4) is 0 Å². The SMILES string of the molecule is CC(C)C(Cl)CNCCCF.